The van der Waals surface area contributed by atoms with Crippen LogP contribution >= 0.6 is 15.9 Å². The lowest BCUT2D eigenvalue weighted by molar-refractivity contribution is -0.159. The normalized spacial score (nSPS) is 16.3. The number of carbonyl (C=O) groups is 2. The lowest BCUT2D eigenvalue weighted by Crippen LogP contribution is -2.48. The minimum Gasteiger partial charge on any atom is -0.495 e. The second-order valence-electron chi connectivity index (χ2n) is 4.54. The van der Waals surface area contributed by atoms with Crippen molar-refractivity contribution in [3.05, 3.63) is 22.7 Å². The van der Waals surface area contributed by atoms with Gasteiger partial charge in [0, 0.05) is 11.8 Å². The highest BCUT2D eigenvalue weighted by molar-refractivity contribution is 9.10. The molecular formula is C13H14BrNO4. The van der Waals surface area contributed by atoms with Gasteiger partial charge in [0.05, 0.1) is 11.6 Å². The van der Waals surface area contributed by atoms with Gasteiger partial charge in [-0.15, -0.1) is 0 Å². The first-order valence-electron chi connectivity index (χ1n) is 5.88. The molecule has 0 atom stereocenters. The predicted molar refractivity (Wildman–Crippen MR) is 73.2 cm³/mol. The van der Waals surface area contributed by atoms with Gasteiger partial charge < -0.3 is 15.2 Å². The first kappa shape index (κ1) is 13.9. The number of benzene rings is 1. The first-order valence-corrected chi connectivity index (χ1v) is 6.67. The molecule has 0 bridgehead atoms. The molecule has 1 aliphatic rings. The Morgan fingerprint density at radius 1 is 1.42 bits per heavy atom. The number of carboxylic acid groups (broad SMARTS) is 1. The second-order valence-corrected chi connectivity index (χ2v) is 5.40. The van der Waals surface area contributed by atoms with Crippen LogP contribution in [0.3, 0.4) is 0 Å². The van der Waals surface area contributed by atoms with Crippen LogP contribution in [0.1, 0.15) is 19.3 Å². The third-order valence-corrected chi connectivity index (χ3v) is 4.12. The van der Waals surface area contributed by atoms with Gasteiger partial charge in [-0.25, -0.2) is 0 Å². The van der Waals surface area contributed by atoms with Crippen LogP contribution in [0, 0.1) is 5.41 Å². The summed E-state index contributed by atoms with van der Waals surface area (Å²) in [5.41, 5.74) is -0.738. The van der Waals surface area contributed by atoms with Crippen molar-refractivity contribution in [2.75, 3.05) is 12.4 Å². The van der Waals surface area contributed by atoms with E-state index in [1.54, 1.807) is 18.2 Å². The van der Waals surface area contributed by atoms with E-state index in [2.05, 4.69) is 21.2 Å². The van der Waals surface area contributed by atoms with Crippen LogP contribution in [0.25, 0.3) is 0 Å². The predicted octanol–water partition coefficient (Wildman–Crippen LogP) is 2.65. The summed E-state index contributed by atoms with van der Waals surface area (Å²) in [4.78, 5) is 23.3. The Bertz CT molecular complexity index is 525. The number of nitrogens with one attached hydrogen (secondary N) is 1. The van der Waals surface area contributed by atoms with Gasteiger partial charge in [0.2, 0.25) is 5.91 Å². The van der Waals surface area contributed by atoms with Gasteiger partial charge in [0.1, 0.15) is 11.2 Å². The molecule has 1 aliphatic carbocycles. The number of hydrogen-bond donors (Lipinski definition) is 2. The van der Waals surface area contributed by atoms with Crippen LogP contribution < -0.4 is 10.1 Å². The van der Waals surface area contributed by atoms with E-state index in [0.717, 1.165) is 10.9 Å². The highest BCUT2D eigenvalue weighted by Crippen LogP contribution is 2.42. The van der Waals surface area contributed by atoms with Crippen molar-refractivity contribution < 1.29 is 19.4 Å². The van der Waals surface area contributed by atoms with Crippen LogP contribution in [0.4, 0.5) is 5.69 Å². The molecule has 0 unspecified atom stereocenters. The quantitative estimate of drug-likeness (QED) is 0.833. The van der Waals surface area contributed by atoms with Crippen LogP contribution in [0.2, 0.25) is 0 Å². The Labute approximate surface area is 119 Å². The van der Waals surface area contributed by atoms with Gasteiger partial charge >= 0.3 is 5.97 Å². The number of anilines is 1. The highest BCUT2D eigenvalue weighted by Gasteiger charge is 2.51. The van der Waals surface area contributed by atoms with E-state index in [-0.39, 0.29) is 0 Å². The monoisotopic (exact) mass is 327 g/mol. The van der Waals surface area contributed by atoms with Crippen molar-refractivity contribution in [1.29, 1.82) is 0 Å². The Hall–Kier alpha value is -1.56. The maximum atomic E-state index is 12.1. The fraction of sp³-hybridized carbons (Fsp3) is 0.385. The van der Waals surface area contributed by atoms with E-state index in [1.165, 1.54) is 7.11 Å². The molecule has 0 spiro atoms. The van der Waals surface area contributed by atoms with Crippen molar-refractivity contribution >= 4 is 33.5 Å². The van der Waals surface area contributed by atoms with Crippen molar-refractivity contribution in [1.82, 2.24) is 0 Å². The van der Waals surface area contributed by atoms with Gasteiger partial charge in [0.15, 0.2) is 0 Å². The smallest absolute Gasteiger partial charge is 0.319 e. The average molecular weight is 328 g/mol. The summed E-state index contributed by atoms with van der Waals surface area (Å²) < 4.78 is 5.89. The van der Waals surface area contributed by atoms with Crippen molar-refractivity contribution in [2.24, 2.45) is 5.41 Å². The van der Waals surface area contributed by atoms with E-state index in [9.17, 15) is 14.7 Å². The summed E-state index contributed by atoms with van der Waals surface area (Å²) in [5, 5.41) is 11.8. The molecule has 1 aromatic carbocycles. The van der Waals surface area contributed by atoms with Crippen LogP contribution in [-0.4, -0.2) is 24.1 Å². The van der Waals surface area contributed by atoms with Gasteiger partial charge in [-0.2, -0.15) is 0 Å². The molecule has 5 nitrogen and oxygen atoms in total. The Morgan fingerprint density at radius 3 is 2.58 bits per heavy atom. The van der Waals surface area contributed by atoms with E-state index < -0.39 is 17.3 Å². The summed E-state index contributed by atoms with van der Waals surface area (Å²) >= 11 is 3.31. The standard InChI is InChI=1S/C13H14BrNO4/c1-19-10-7-8(3-4-9(10)14)15-11(16)13(12(17)18)5-2-6-13/h3-4,7H,2,5-6H2,1H3,(H,15,16)(H,17,18). The van der Waals surface area contributed by atoms with E-state index in [0.29, 0.717) is 24.3 Å². The summed E-state index contributed by atoms with van der Waals surface area (Å²) in [6.45, 7) is 0. The van der Waals surface area contributed by atoms with Gasteiger partial charge in [0.25, 0.3) is 0 Å². The van der Waals surface area contributed by atoms with Crippen LogP contribution in [-0.2, 0) is 9.59 Å². The minimum absolute atomic E-state index is 0.391. The topological polar surface area (TPSA) is 75.6 Å². The SMILES string of the molecule is COc1cc(NC(=O)C2(C(=O)O)CCC2)ccc1Br. The third-order valence-electron chi connectivity index (χ3n) is 3.46. The average Bonchev–Trinajstić information content (AvgIpc) is 2.29. The molecule has 2 N–H and O–H groups in total. The minimum atomic E-state index is -1.26. The second kappa shape index (κ2) is 5.21. The maximum absolute atomic E-state index is 12.1. The number of ether oxygens (including phenoxy) is 1. The summed E-state index contributed by atoms with van der Waals surface area (Å²) in [6, 6.07) is 5.08. The molecule has 1 saturated carbocycles. The number of rotatable bonds is 4. The molecule has 0 aliphatic heterocycles. The summed E-state index contributed by atoms with van der Waals surface area (Å²) in [6.07, 6.45) is 1.55. The van der Waals surface area contributed by atoms with Gasteiger partial charge in [-0.3, -0.25) is 9.59 Å². The third kappa shape index (κ3) is 2.45. The van der Waals surface area contributed by atoms with E-state index in [1.807, 2.05) is 0 Å². The molecule has 0 heterocycles. The lowest BCUT2D eigenvalue weighted by atomic mass is 9.68. The number of carbonyl (C=O) groups excluding carboxylic acids is 1. The number of carboxylic acids is 1. The lowest BCUT2D eigenvalue weighted by Gasteiger charge is -2.35. The van der Waals surface area contributed by atoms with Crippen molar-refractivity contribution in [3.63, 3.8) is 0 Å². The molecule has 1 fully saturated rings. The van der Waals surface area contributed by atoms with Crippen LogP contribution in [0.5, 0.6) is 5.75 Å². The van der Waals surface area contributed by atoms with Crippen molar-refractivity contribution in [3.8, 4) is 5.75 Å². The summed E-state index contributed by atoms with van der Waals surface area (Å²) in [7, 11) is 1.52. The van der Waals surface area contributed by atoms with Crippen LogP contribution in [0.15, 0.2) is 22.7 Å². The Morgan fingerprint density at radius 2 is 2.11 bits per heavy atom. The number of halogens is 1. The molecule has 0 radical (unpaired) electrons. The fourth-order valence-corrected chi connectivity index (χ4v) is 2.47. The zero-order valence-corrected chi connectivity index (χ0v) is 12.0. The number of hydrogen-bond acceptors (Lipinski definition) is 3. The molecule has 1 amide bonds. The molecule has 1 aromatic rings. The largest absolute Gasteiger partial charge is 0.495 e. The molecule has 2 rings (SSSR count). The molecule has 0 aromatic heterocycles. The molecule has 19 heavy (non-hydrogen) atoms. The van der Waals surface area contributed by atoms with E-state index >= 15 is 0 Å². The fourth-order valence-electron chi connectivity index (χ4n) is 2.06. The van der Waals surface area contributed by atoms with Crippen molar-refractivity contribution in [2.45, 2.75) is 19.3 Å². The number of aliphatic carboxylic acids is 1. The molecule has 102 valence electrons. The van der Waals surface area contributed by atoms with Gasteiger partial charge in [-0.05, 0) is 40.9 Å². The highest BCUT2D eigenvalue weighted by atomic mass is 79.9. The first-order chi connectivity index (χ1) is 8.99. The summed E-state index contributed by atoms with van der Waals surface area (Å²) in [5.74, 6) is -0.938. The van der Waals surface area contributed by atoms with Gasteiger partial charge in [-0.1, -0.05) is 6.42 Å². The van der Waals surface area contributed by atoms with E-state index in [4.69, 9.17) is 4.74 Å². The number of amides is 1. The Balaban J connectivity index is 2.17. The zero-order valence-electron chi connectivity index (χ0n) is 10.4. The zero-order chi connectivity index (χ0) is 14.0. The molecule has 6 heteroatoms. The molecule has 0 saturated heterocycles. The molecular weight excluding hydrogens is 314 g/mol. The number of methoxy groups -OCH3 is 1. The maximum Gasteiger partial charge on any atom is 0.319 e. The Kier molecular flexibility index (Phi) is 3.80.